The number of rotatable bonds is 6. The average molecular weight is 433 g/mol. The molecule has 0 aromatic carbocycles. The summed E-state index contributed by atoms with van der Waals surface area (Å²) in [5.41, 5.74) is -0.320. The molecule has 4 aliphatic rings. The van der Waals surface area contributed by atoms with Crippen LogP contribution in [0.25, 0.3) is 0 Å². The summed E-state index contributed by atoms with van der Waals surface area (Å²) >= 11 is 0. The standard InChI is InChI=1S/C26H44N2O3/c1-24-12-10-21(29)18-20(24)7-8-23-22(24)11-13-25(2)19(9-14-26(23,25)30)6-5-15-27-31-17-16-28(3)4/h5-6,15,19-23,29-30H,7-14,16-18H2,1-4H3/b6-5+,27-15+/t19-,20+,21-,22?,23?,24-,25+,26-/m0/s1. The van der Waals surface area contributed by atoms with Crippen molar-refractivity contribution in [2.45, 2.75) is 83.3 Å². The fourth-order valence-electron chi connectivity index (χ4n) is 8.09. The van der Waals surface area contributed by atoms with Gasteiger partial charge in [0.25, 0.3) is 0 Å². The van der Waals surface area contributed by atoms with Crippen molar-refractivity contribution < 1.29 is 15.1 Å². The van der Waals surface area contributed by atoms with E-state index in [4.69, 9.17) is 4.84 Å². The van der Waals surface area contributed by atoms with Crippen LogP contribution in [0.15, 0.2) is 17.3 Å². The lowest BCUT2D eigenvalue weighted by molar-refractivity contribution is -0.207. The van der Waals surface area contributed by atoms with Crippen molar-refractivity contribution in [3.63, 3.8) is 0 Å². The molecule has 4 aliphatic carbocycles. The fourth-order valence-corrected chi connectivity index (χ4v) is 8.09. The second-order valence-electron chi connectivity index (χ2n) is 11.7. The molecular formula is C26H44N2O3. The zero-order valence-electron chi connectivity index (χ0n) is 20.1. The number of aliphatic hydroxyl groups is 2. The van der Waals surface area contributed by atoms with Crippen LogP contribution in [0.5, 0.6) is 0 Å². The summed E-state index contributed by atoms with van der Waals surface area (Å²) in [7, 11) is 4.04. The second-order valence-corrected chi connectivity index (χ2v) is 11.7. The van der Waals surface area contributed by atoms with E-state index in [1.54, 1.807) is 6.21 Å². The Bertz CT molecular complexity index is 694. The minimum absolute atomic E-state index is 0.0539. The van der Waals surface area contributed by atoms with Gasteiger partial charge in [-0.15, -0.1) is 0 Å². The summed E-state index contributed by atoms with van der Waals surface area (Å²) in [5.74, 6) is 2.03. The molecule has 0 saturated heterocycles. The van der Waals surface area contributed by atoms with E-state index in [9.17, 15) is 10.2 Å². The van der Waals surface area contributed by atoms with Crippen molar-refractivity contribution in [1.29, 1.82) is 0 Å². The van der Waals surface area contributed by atoms with Gasteiger partial charge in [-0.05, 0) is 107 Å². The van der Waals surface area contributed by atoms with E-state index in [0.29, 0.717) is 35.7 Å². The topological polar surface area (TPSA) is 65.3 Å². The molecule has 8 atom stereocenters. The van der Waals surface area contributed by atoms with Crippen molar-refractivity contribution in [1.82, 2.24) is 4.90 Å². The molecule has 0 heterocycles. The van der Waals surface area contributed by atoms with Gasteiger partial charge < -0.3 is 20.0 Å². The van der Waals surface area contributed by atoms with Crippen molar-refractivity contribution in [3.8, 4) is 0 Å². The van der Waals surface area contributed by atoms with Gasteiger partial charge >= 0.3 is 0 Å². The van der Waals surface area contributed by atoms with Crippen LogP contribution in [-0.4, -0.2) is 60.3 Å². The first-order valence-electron chi connectivity index (χ1n) is 12.6. The van der Waals surface area contributed by atoms with Gasteiger partial charge in [0.15, 0.2) is 0 Å². The van der Waals surface area contributed by atoms with Crippen molar-refractivity contribution in [2.24, 2.45) is 39.7 Å². The maximum absolute atomic E-state index is 12.2. The Morgan fingerprint density at radius 2 is 1.84 bits per heavy atom. The molecule has 4 rings (SSSR count). The Kier molecular flexibility index (Phi) is 6.60. The predicted molar refractivity (Wildman–Crippen MR) is 125 cm³/mol. The fraction of sp³-hybridized carbons (Fsp3) is 0.885. The number of fused-ring (bicyclic) bond motifs is 5. The number of likely N-dealkylation sites (N-methyl/N-ethyl adjacent to an activating group) is 1. The molecule has 0 aromatic rings. The van der Waals surface area contributed by atoms with E-state index in [0.717, 1.165) is 51.5 Å². The Morgan fingerprint density at radius 1 is 1.03 bits per heavy atom. The van der Waals surface area contributed by atoms with Gasteiger partial charge in [0.2, 0.25) is 0 Å². The molecule has 0 bridgehead atoms. The second kappa shape index (κ2) is 8.79. The SMILES string of the molecule is CN(C)CCO/N=C/C=C/[C@H]1CC[C@]2(O)C3CC[C@@H]4C[C@@H](O)CC[C@]4(C)C3CC[C@]12C. The zero-order valence-corrected chi connectivity index (χ0v) is 20.1. The molecule has 0 amide bonds. The molecule has 0 aromatic heterocycles. The predicted octanol–water partition coefficient (Wildman–Crippen LogP) is 4.24. The van der Waals surface area contributed by atoms with Gasteiger partial charge in [0.05, 0.1) is 17.9 Å². The summed E-state index contributed by atoms with van der Waals surface area (Å²) in [5, 5.41) is 26.5. The Labute approximate surface area is 188 Å². The van der Waals surface area contributed by atoms with E-state index in [2.05, 4.69) is 30.0 Å². The first-order valence-corrected chi connectivity index (χ1v) is 12.6. The van der Waals surface area contributed by atoms with Crippen LogP contribution in [0.4, 0.5) is 0 Å². The third kappa shape index (κ3) is 4.00. The summed E-state index contributed by atoms with van der Waals surface area (Å²) in [6.45, 7) is 6.27. The molecule has 5 nitrogen and oxygen atoms in total. The molecule has 4 fully saturated rings. The molecule has 2 unspecified atom stereocenters. The number of nitrogens with zero attached hydrogens (tertiary/aromatic N) is 2. The summed E-state index contributed by atoms with van der Waals surface area (Å²) < 4.78 is 0. The first-order chi connectivity index (χ1) is 14.7. The molecule has 0 spiro atoms. The highest BCUT2D eigenvalue weighted by Gasteiger charge is 2.66. The van der Waals surface area contributed by atoms with Crippen LogP contribution in [0.2, 0.25) is 0 Å². The van der Waals surface area contributed by atoms with Gasteiger partial charge in [-0.3, -0.25) is 0 Å². The Hall–Kier alpha value is -0.910. The van der Waals surface area contributed by atoms with Crippen LogP contribution >= 0.6 is 0 Å². The third-order valence-corrected chi connectivity index (χ3v) is 10.1. The van der Waals surface area contributed by atoms with E-state index in [1.807, 2.05) is 20.2 Å². The lowest BCUT2D eigenvalue weighted by Crippen LogP contribution is -2.62. The number of hydrogen-bond donors (Lipinski definition) is 2. The van der Waals surface area contributed by atoms with Gasteiger partial charge in [-0.1, -0.05) is 25.1 Å². The summed E-state index contributed by atoms with van der Waals surface area (Å²) in [6.07, 6.45) is 15.5. The minimum atomic E-state index is -0.561. The Morgan fingerprint density at radius 3 is 2.61 bits per heavy atom. The van der Waals surface area contributed by atoms with Crippen LogP contribution in [0.3, 0.4) is 0 Å². The molecule has 2 N–H and O–H groups in total. The van der Waals surface area contributed by atoms with Gasteiger partial charge in [-0.2, -0.15) is 0 Å². The molecule has 5 heteroatoms. The first kappa shape index (κ1) is 23.3. The zero-order chi connectivity index (χ0) is 22.3. The number of hydrogen-bond acceptors (Lipinski definition) is 5. The molecular weight excluding hydrogens is 388 g/mol. The molecule has 176 valence electrons. The third-order valence-electron chi connectivity index (χ3n) is 10.1. The monoisotopic (exact) mass is 432 g/mol. The molecule has 31 heavy (non-hydrogen) atoms. The largest absolute Gasteiger partial charge is 0.394 e. The van der Waals surface area contributed by atoms with E-state index >= 15 is 0 Å². The van der Waals surface area contributed by atoms with Crippen molar-refractivity contribution in [2.75, 3.05) is 27.2 Å². The van der Waals surface area contributed by atoms with E-state index in [1.165, 1.54) is 12.8 Å². The molecule has 0 radical (unpaired) electrons. The van der Waals surface area contributed by atoms with E-state index < -0.39 is 5.60 Å². The smallest absolute Gasteiger partial charge is 0.129 e. The maximum atomic E-state index is 12.2. The summed E-state index contributed by atoms with van der Waals surface area (Å²) in [4.78, 5) is 7.38. The molecule has 0 aliphatic heterocycles. The van der Waals surface area contributed by atoms with Gasteiger partial charge in [-0.25, -0.2) is 0 Å². The number of allylic oxidation sites excluding steroid dienone is 2. The van der Waals surface area contributed by atoms with Crippen molar-refractivity contribution in [3.05, 3.63) is 12.2 Å². The highest BCUT2D eigenvalue weighted by atomic mass is 16.6. The lowest BCUT2D eigenvalue weighted by Gasteiger charge is -2.63. The average Bonchev–Trinajstić information content (AvgIpc) is 2.99. The number of aliphatic hydroxyl groups excluding tert-OH is 1. The number of oxime groups is 1. The van der Waals surface area contributed by atoms with Crippen LogP contribution in [0, 0.1) is 34.5 Å². The highest BCUT2D eigenvalue weighted by molar-refractivity contribution is 5.70. The van der Waals surface area contributed by atoms with Crippen LogP contribution < -0.4 is 0 Å². The van der Waals surface area contributed by atoms with Crippen molar-refractivity contribution >= 4 is 6.21 Å². The Balaban J connectivity index is 1.43. The highest BCUT2D eigenvalue weighted by Crippen LogP contribution is 2.69. The lowest BCUT2D eigenvalue weighted by atomic mass is 9.43. The van der Waals surface area contributed by atoms with Gasteiger partial charge in [0.1, 0.15) is 6.61 Å². The quantitative estimate of drug-likeness (QED) is 0.374. The minimum Gasteiger partial charge on any atom is -0.394 e. The maximum Gasteiger partial charge on any atom is 0.129 e. The normalized spacial score (nSPS) is 47.5. The van der Waals surface area contributed by atoms with Crippen LogP contribution in [0.1, 0.15) is 71.6 Å². The molecule has 4 saturated carbocycles. The van der Waals surface area contributed by atoms with Crippen LogP contribution in [-0.2, 0) is 4.84 Å². The van der Waals surface area contributed by atoms with E-state index in [-0.39, 0.29) is 11.5 Å². The van der Waals surface area contributed by atoms with Gasteiger partial charge in [0, 0.05) is 12.0 Å². The summed E-state index contributed by atoms with van der Waals surface area (Å²) in [6, 6.07) is 0.